The minimum atomic E-state index is -0.809. The molecule has 0 bridgehead atoms. The first-order valence-electron chi connectivity index (χ1n) is 10.3. The number of nitrogens with zero attached hydrogens (tertiary/aromatic N) is 1. The highest BCUT2D eigenvalue weighted by Gasteiger charge is 2.34. The number of aliphatic hydroxyl groups is 1. The molecule has 0 amide bonds. The van der Waals surface area contributed by atoms with E-state index in [1.165, 1.54) is 24.1 Å². The van der Waals surface area contributed by atoms with Gasteiger partial charge in [0.1, 0.15) is 0 Å². The average molecular weight is 451 g/mol. The van der Waals surface area contributed by atoms with Gasteiger partial charge in [-0.2, -0.15) is 0 Å². The summed E-state index contributed by atoms with van der Waals surface area (Å²) in [5.41, 5.74) is 1.69. The van der Waals surface area contributed by atoms with Crippen LogP contribution in [0, 0.1) is 10.1 Å². The van der Waals surface area contributed by atoms with Crippen LogP contribution < -0.4 is 14.8 Å². The van der Waals surface area contributed by atoms with Crippen molar-refractivity contribution in [2.24, 2.45) is 0 Å². The number of nitro benzene ring substituents is 1. The molecule has 8 heteroatoms. The number of rotatable bonds is 9. The second-order valence-corrected chi connectivity index (χ2v) is 7.91. The summed E-state index contributed by atoms with van der Waals surface area (Å²) in [6.45, 7) is 1.05. The van der Waals surface area contributed by atoms with Gasteiger partial charge in [0.15, 0.2) is 11.5 Å². The maximum atomic E-state index is 11.0. The van der Waals surface area contributed by atoms with Crippen LogP contribution in [0.15, 0.2) is 42.5 Å². The van der Waals surface area contributed by atoms with E-state index < -0.39 is 11.0 Å². The van der Waals surface area contributed by atoms with Gasteiger partial charge in [-0.15, -0.1) is 12.4 Å². The number of benzene rings is 2. The lowest BCUT2D eigenvalue weighted by molar-refractivity contribution is -0.385. The van der Waals surface area contributed by atoms with E-state index in [4.69, 9.17) is 9.47 Å². The number of aliphatic hydroxyl groups excluding tert-OH is 1. The van der Waals surface area contributed by atoms with Crippen LogP contribution in [0.3, 0.4) is 0 Å². The van der Waals surface area contributed by atoms with Crippen molar-refractivity contribution < 1.29 is 19.5 Å². The number of nitrogens with one attached hydrogen (secondary N) is 1. The minimum Gasteiger partial charge on any atom is -0.493 e. The summed E-state index contributed by atoms with van der Waals surface area (Å²) >= 11 is 0. The molecule has 1 aliphatic rings. The summed E-state index contributed by atoms with van der Waals surface area (Å²) in [7, 11) is 3.27. The maximum Gasteiger partial charge on any atom is 0.269 e. The van der Waals surface area contributed by atoms with E-state index in [2.05, 4.69) is 17.4 Å². The molecule has 1 unspecified atom stereocenters. The Morgan fingerprint density at radius 2 is 1.81 bits per heavy atom. The van der Waals surface area contributed by atoms with Gasteiger partial charge in [0, 0.05) is 30.6 Å². The van der Waals surface area contributed by atoms with E-state index in [0.29, 0.717) is 24.4 Å². The average Bonchev–Trinajstić information content (AvgIpc) is 2.79. The molecule has 0 aliphatic heterocycles. The van der Waals surface area contributed by atoms with Gasteiger partial charge < -0.3 is 19.9 Å². The van der Waals surface area contributed by atoms with Gasteiger partial charge in [0.05, 0.1) is 25.2 Å². The zero-order valence-electron chi connectivity index (χ0n) is 18.0. The molecule has 1 fully saturated rings. The largest absolute Gasteiger partial charge is 0.493 e. The topological polar surface area (TPSA) is 93.9 Å². The molecule has 1 atom stereocenters. The van der Waals surface area contributed by atoms with Crippen molar-refractivity contribution >= 4 is 18.1 Å². The van der Waals surface area contributed by atoms with Crippen LogP contribution in [0.2, 0.25) is 0 Å². The Hall–Kier alpha value is -2.35. The zero-order chi connectivity index (χ0) is 21.6. The van der Waals surface area contributed by atoms with Gasteiger partial charge in [-0.3, -0.25) is 10.1 Å². The molecule has 170 valence electrons. The highest BCUT2D eigenvalue weighted by molar-refractivity contribution is 5.85. The van der Waals surface area contributed by atoms with Gasteiger partial charge in [-0.25, -0.2) is 0 Å². The summed E-state index contributed by atoms with van der Waals surface area (Å²) in [6.07, 6.45) is 4.85. The van der Waals surface area contributed by atoms with Crippen molar-refractivity contribution in [1.29, 1.82) is 0 Å². The summed E-state index contributed by atoms with van der Waals surface area (Å²) < 4.78 is 10.9. The maximum absolute atomic E-state index is 11.0. The molecule has 0 saturated heterocycles. The lowest BCUT2D eigenvalue weighted by Gasteiger charge is -2.38. The Morgan fingerprint density at radius 1 is 1.10 bits per heavy atom. The molecule has 3 rings (SSSR count). The number of hydrogen-bond acceptors (Lipinski definition) is 6. The van der Waals surface area contributed by atoms with E-state index in [-0.39, 0.29) is 23.5 Å². The summed E-state index contributed by atoms with van der Waals surface area (Å²) in [4.78, 5) is 10.5. The molecule has 0 spiro atoms. The van der Waals surface area contributed by atoms with Crippen molar-refractivity contribution in [1.82, 2.24) is 5.32 Å². The number of halogens is 1. The van der Waals surface area contributed by atoms with Crippen LogP contribution in [0.5, 0.6) is 11.5 Å². The fourth-order valence-corrected chi connectivity index (χ4v) is 4.37. The molecule has 1 aliphatic carbocycles. The fraction of sp³-hybridized carbons (Fsp3) is 0.478. The molecule has 2 aromatic carbocycles. The van der Waals surface area contributed by atoms with E-state index >= 15 is 0 Å². The lowest BCUT2D eigenvalue weighted by atomic mass is 9.69. The van der Waals surface area contributed by atoms with E-state index in [0.717, 1.165) is 31.4 Å². The molecule has 0 radical (unpaired) electrons. The minimum absolute atomic E-state index is 0. The number of non-ortho nitro benzene ring substituents is 1. The van der Waals surface area contributed by atoms with Crippen LogP contribution in [0.25, 0.3) is 0 Å². The predicted molar refractivity (Wildman–Crippen MR) is 122 cm³/mol. The van der Waals surface area contributed by atoms with Crippen molar-refractivity contribution in [3.63, 3.8) is 0 Å². The molecule has 0 heterocycles. The fourth-order valence-electron chi connectivity index (χ4n) is 4.37. The Kier molecular flexibility index (Phi) is 9.10. The molecular formula is C23H31ClN2O5. The first kappa shape index (κ1) is 24.9. The number of methoxy groups -OCH3 is 2. The van der Waals surface area contributed by atoms with Crippen LogP contribution in [0.4, 0.5) is 5.69 Å². The van der Waals surface area contributed by atoms with Gasteiger partial charge in [-0.1, -0.05) is 37.5 Å². The lowest BCUT2D eigenvalue weighted by Crippen LogP contribution is -2.41. The summed E-state index contributed by atoms with van der Waals surface area (Å²) in [5, 5.41) is 24.9. The van der Waals surface area contributed by atoms with Crippen LogP contribution in [-0.4, -0.2) is 37.3 Å². The Bertz CT molecular complexity index is 871. The van der Waals surface area contributed by atoms with E-state index in [1.54, 1.807) is 26.4 Å². The molecule has 7 nitrogen and oxygen atoms in total. The smallest absolute Gasteiger partial charge is 0.269 e. The third-order valence-corrected chi connectivity index (χ3v) is 6.07. The number of hydrogen-bond donors (Lipinski definition) is 2. The Morgan fingerprint density at radius 3 is 2.45 bits per heavy atom. The van der Waals surface area contributed by atoms with Crippen LogP contribution >= 0.6 is 12.4 Å². The van der Waals surface area contributed by atoms with Crippen molar-refractivity contribution in [3.05, 3.63) is 63.7 Å². The van der Waals surface area contributed by atoms with Crippen molar-refractivity contribution in [3.8, 4) is 11.5 Å². The monoisotopic (exact) mass is 450 g/mol. The summed E-state index contributed by atoms with van der Waals surface area (Å²) in [6, 6.07) is 12.3. The SMILES string of the molecule is COc1ccc(C2(CNCC(O)c3cccc([N+](=O)[O-])c3)CCCCC2)cc1OC.Cl. The normalized spacial score (nSPS) is 16.1. The van der Waals surface area contributed by atoms with Gasteiger partial charge >= 0.3 is 0 Å². The van der Waals surface area contributed by atoms with Crippen LogP contribution in [-0.2, 0) is 5.41 Å². The highest BCUT2D eigenvalue weighted by atomic mass is 35.5. The van der Waals surface area contributed by atoms with Gasteiger partial charge in [0.2, 0.25) is 0 Å². The Balaban J connectivity index is 0.00000341. The van der Waals surface area contributed by atoms with Crippen LogP contribution in [0.1, 0.15) is 49.3 Å². The van der Waals surface area contributed by atoms with Crippen molar-refractivity contribution in [2.75, 3.05) is 27.3 Å². The molecule has 2 aromatic rings. The first-order chi connectivity index (χ1) is 14.5. The van der Waals surface area contributed by atoms with Gasteiger partial charge in [0.25, 0.3) is 5.69 Å². The van der Waals surface area contributed by atoms with E-state index in [9.17, 15) is 15.2 Å². The highest BCUT2D eigenvalue weighted by Crippen LogP contribution is 2.42. The number of ether oxygens (including phenoxy) is 2. The molecule has 1 saturated carbocycles. The van der Waals surface area contributed by atoms with Gasteiger partial charge in [-0.05, 0) is 36.1 Å². The second kappa shape index (κ2) is 11.3. The number of nitro groups is 1. The third-order valence-electron chi connectivity index (χ3n) is 6.07. The standard InChI is InChI=1S/C23H30N2O5.ClH/c1-29-21-10-9-18(14-22(21)30-2)23(11-4-3-5-12-23)16-24-15-20(26)17-7-6-8-19(13-17)25(27)28;/h6-10,13-14,20,24,26H,3-5,11-12,15-16H2,1-2H3;1H. The second-order valence-electron chi connectivity index (χ2n) is 7.91. The predicted octanol–water partition coefficient (Wildman–Crippen LogP) is 4.56. The Labute approximate surface area is 189 Å². The zero-order valence-corrected chi connectivity index (χ0v) is 18.8. The summed E-state index contributed by atoms with van der Waals surface area (Å²) in [5.74, 6) is 1.43. The molecular weight excluding hydrogens is 420 g/mol. The molecule has 0 aromatic heterocycles. The first-order valence-corrected chi connectivity index (χ1v) is 10.3. The van der Waals surface area contributed by atoms with E-state index in [1.807, 2.05) is 6.07 Å². The quantitative estimate of drug-likeness (QED) is 0.429. The van der Waals surface area contributed by atoms with Crippen molar-refractivity contribution in [2.45, 2.75) is 43.6 Å². The molecule has 31 heavy (non-hydrogen) atoms. The third kappa shape index (κ3) is 5.87. The molecule has 2 N–H and O–H groups in total.